The predicted molar refractivity (Wildman–Crippen MR) is 72.0 cm³/mol. The highest BCUT2D eigenvalue weighted by molar-refractivity contribution is 5.70. The van der Waals surface area contributed by atoms with Gasteiger partial charge < -0.3 is 9.67 Å². The maximum Gasteiger partial charge on any atom is 0.308 e. The summed E-state index contributed by atoms with van der Waals surface area (Å²) in [6.07, 6.45) is 9.24. The number of fused-ring (bicyclic) bond motifs is 1. The van der Waals surface area contributed by atoms with Crippen LogP contribution in [0.5, 0.6) is 0 Å². The molecule has 1 aromatic heterocycles. The molecule has 19 heavy (non-hydrogen) atoms. The SMILES string of the molecule is CC1CCC(C(=O)O)C(n2cnc3c2CCCC3)C1. The molecule has 3 atom stereocenters. The summed E-state index contributed by atoms with van der Waals surface area (Å²) in [5.41, 5.74) is 2.50. The first-order valence-electron chi connectivity index (χ1n) is 7.44. The summed E-state index contributed by atoms with van der Waals surface area (Å²) in [4.78, 5) is 16.0. The minimum atomic E-state index is -0.643. The number of imidazole rings is 1. The zero-order valence-corrected chi connectivity index (χ0v) is 11.5. The van der Waals surface area contributed by atoms with E-state index in [2.05, 4.69) is 16.5 Å². The topological polar surface area (TPSA) is 55.1 Å². The van der Waals surface area contributed by atoms with Gasteiger partial charge in [0.25, 0.3) is 0 Å². The summed E-state index contributed by atoms with van der Waals surface area (Å²) < 4.78 is 2.20. The lowest BCUT2D eigenvalue weighted by Gasteiger charge is -2.34. The van der Waals surface area contributed by atoms with Crippen LogP contribution in [0.15, 0.2) is 6.33 Å². The van der Waals surface area contributed by atoms with Crippen molar-refractivity contribution in [3.63, 3.8) is 0 Å². The molecule has 0 radical (unpaired) electrons. The summed E-state index contributed by atoms with van der Waals surface area (Å²) in [6, 6.07) is 0.107. The predicted octanol–water partition coefficient (Wildman–Crippen LogP) is 2.82. The van der Waals surface area contributed by atoms with Gasteiger partial charge in [-0.05, 0) is 50.9 Å². The molecule has 0 saturated heterocycles. The van der Waals surface area contributed by atoms with Crippen molar-refractivity contribution in [3.8, 4) is 0 Å². The third-order valence-corrected chi connectivity index (χ3v) is 4.81. The maximum absolute atomic E-state index is 11.5. The van der Waals surface area contributed by atoms with E-state index in [0.29, 0.717) is 5.92 Å². The molecule has 0 spiro atoms. The Labute approximate surface area is 113 Å². The van der Waals surface area contributed by atoms with Gasteiger partial charge in [0.15, 0.2) is 0 Å². The van der Waals surface area contributed by atoms with Crippen molar-refractivity contribution in [2.45, 2.75) is 57.9 Å². The van der Waals surface area contributed by atoms with Crippen LogP contribution in [0.25, 0.3) is 0 Å². The molecule has 4 nitrogen and oxygen atoms in total. The first-order valence-corrected chi connectivity index (χ1v) is 7.44. The van der Waals surface area contributed by atoms with Crippen LogP contribution in [0, 0.1) is 11.8 Å². The Morgan fingerprint density at radius 2 is 2.16 bits per heavy atom. The molecule has 2 aliphatic rings. The fourth-order valence-electron chi connectivity index (χ4n) is 3.72. The molecular weight excluding hydrogens is 240 g/mol. The van der Waals surface area contributed by atoms with Crippen molar-refractivity contribution < 1.29 is 9.90 Å². The number of carboxylic acid groups (broad SMARTS) is 1. The van der Waals surface area contributed by atoms with Crippen LogP contribution in [0.3, 0.4) is 0 Å². The fourth-order valence-corrected chi connectivity index (χ4v) is 3.72. The lowest BCUT2D eigenvalue weighted by molar-refractivity contribution is -0.144. The normalized spacial score (nSPS) is 30.9. The van der Waals surface area contributed by atoms with Gasteiger partial charge in [0.1, 0.15) is 0 Å². The number of hydrogen-bond donors (Lipinski definition) is 1. The second-order valence-electron chi connectivity index (χ2n) is 6.18. The molecule has 0 amide bonds. The fraction of sp³-hybridized carbons (Fsp3) is 0.733. The second-order valence-corrected chi connectivity index (χ2v) is 6.18. The van der Waals surface area contributed by atoms with Gasteiger partial charge >= 0.3 is 5.97 Å². The van der Waals surface area contributed by atoms with E-state index in [-0.39, 0.29) is 12.0 Å². The summed E-state index contributed by atoms with van der Waals surface area (Å²) in [6.45, 7) is 2.23. The van der Waals surface area contributed by atoms with Gasteiger partial charge in [0, 0.05) is 11.7 Å². The molecule has 0 aliphatic heterocycles. The standard InChI is InChI=1S/C15H22N2O2/c1-10-6-7-11(15(18)19)14(8-10)17-9-16-12-4-2-3-5-13(12)17/h9-11,14H,2-8H2,1H3,(H,18,19). The molecule has 0 bridgehead atoms. The minimum Gasteiger partial charge on any atom is -0.481 e. The molecule has 1 fully saturated rings. The molecule has 2 aliphatic carbocycles. The maximum atomic E-state index is 11.5. The van der Waals surface area contributed by atoms with Crippen LogP contribution in [0.4, 0.5) is 0 Å². The lowest BCUT2D eigenvalue weighted by Crippen LogP contribution is -2.32. The summed E-state index contributed by atoms with van der Waals surface area (Å²) in [7, 11) is 0. The van der Waals surface area contributed by atoms with Crippen LogP contribution in [-0.4, -0.2) is 20.6 Å². The van der Waals surface area contributed by atoms with E-state index in [9.17, 15) is 9.90 Å². The molecule has 0 aromatic carbocycles. The highest BCUT2D eigenvalue weighted by Crippen LogP contribution is 2.39. The average Bonchev–Trinajstić information content (AvgIpc) is 2.82. The largest absolute Gasteiger partial charge is 0.481 e. The number of hydrogen-bond acceptors (Lipinski definition) is 2. The van der Waals surface area contributed by atoms with Gasteiger partial charge in [-0.15, -0.1) is 0 Å². The highest BCUT2D eigenvalue weighted by atomic mass is 16.4. The Bertz CT molecular complexity index is 480. The van der Waals surface area contributed by atoms with Crippen LogP contribution in [0.2, 0.25) is 0 Å². The molecule has 1 heterocycles. The average molecular weight is 262 g/mol. The van der Waals surface area contributed by atoms with E-state index in [0.717, 1.165) is 32.1 Å². The smallest absolute Gasteiger partial charge is 0.308 e. The number of aliphatic carboxylic acids is 1. The van der Waals surface area contributed by atoms with Crippen LogP contribution in [0.1, 0.15) is 56.5 Å². The van der Waals surface area contributed by atoms with E-state index in [1.165, 1.54) is 24.2 Å². The number of rotatable bonds is 2. The Hall–Kier alpha value is -1.32. The molecule has 1 N–H and O–H groups in total. The van der Waals surface area contributed by atoms with E-state index in [4.69, 9.17) is 0 Å². The van der Waals surface area contributed by atoms with Crippen molar-refractivity contribution in [2.24, 2.45) is 11.8 Å². The lowest BCUT2D eigenvalue weighted by atomic mass is 9.78. The van der Waals surface area contributed by atoms with Gasteiger partial charge in [-0.1, -0.05) is 6.92 Å². The van der Waals surface area contributed by atoms with Crippen molar-refractivity contribution in [2.75, 3.05) is 0 Å². The second kappa shape index (κ2) is 4.99. The zero-order chi connectivity index (χ0) is 13.4. The van der Waals surface area contributed by atoms with Crippen LogP contribution >= 0.6 is 0 Å². The van der Waals surface area contributed by atoms with E-state index in [1.807, 2.05) is 6.33 Å². The van der Waals surface area contributed by atoms with Gasteiger partial charge in [-0.25, -0.2) is 4.98 Å². The zero-order valence-electron chi connectivity index (χ0n) is 11.5. The molecule has 3 rings (SSSR count). The van der Waals surface area contributed by atoms with E-state index >= 15 is 0 Å². The molecular formula is C15H22N2O2. The Balaban J connectivity index is 1.93. The number of aromatic nitrogens is 2. The summed E-state index contributed by atoms with van der Waals surface area (Å²) in [5.74, 6) is -0.270. The first-order chi connectivity index (χ1) is 9.16. The Morgan fingerprint density at radius 1 is 1.37 bits per heavy atom. The third-order valence-electron chi connectivity index (χ3n) is 4.81. The number of aryl methyl sites for hydroxylation is 1. The highest BCUT2D eigenvalue weighted by Gasteiger charge is 2.36. The molecule has 1 saturated carbocycles. The Kier molecular flexibility index (Phi) is 3.33. The van der Waals surface area contributed by atoms with Gasteiger partial charge in [-0.3, -0.25) is 4.79 Å². The molecule has 4 heteroatoms. The van der Waals surface area contributed by atoms with Gasteiger partial charge in [0.05, 0.1) is 17.9 Å². The van der Waals surface area contributed by atoms with Crippen molar-refractivity contribution in [1.29, 1.82) is 0 Å². The van der Waals surface area contributed by atoms with Crippen molar-refractivity contribution >= 4 is 5.97 Å². The van der Waals surface area contributed by atoms with Crippen molar-refractivity contribution in [1.82, 2.24) is 9.55 Å². The van der Waals surface area contributed by atoms with Crippen LogP contribution in [-0.2, 0) is 17.6 Å². The summed E-state index contributed by atoms with van der Waals surface area (Å²) >= 11 is 0. The van der Waals surface area contributed by atoms with Gasteiger partial charge in [0.2, 0.25) is 0 Å². The Morgan fingerprint density at radius 3 is 2.95 bits per heavy atom. The quantitative estimate of drug-likeness (QED) is 0.891. The first kappa shape index (κ1) is 12.7. The van der Waals surface area contributed by atoms with Crippen LogP contribution < -0.4 is 0 Å². The molecule has 104 valence electrons. The monoisotopic (exact) mass is 262 g/mol. The van der Waals surface area contributed by atoms with E-state index < -0.39 is 5.97 Å². The summed E-state index contributed by atoms with van der Waals surface area (Å²) in [5, 5.41) is 9.46. The number of carbonyl (C=O) groups is 1. The number of carboxylic acids is 1. The van der Waals surface area contributed by atoms with Crippen molar-refractivity contribution in [3.05, 3.63) is 17.7 Å². The molecule has 1 aromatic rings. The molecule has 3 unspecified atom stereocenters. The third kappa shape index (κ3) is 2.28. The number of nitrogens with zero attached hydrogens (tertiary/aromatic N) is 2. The van der Waals surface area contributed by atoms with Gasteiger partial charge in [-0.2, -0.15) is 0 Å². The minimum absolute atomic E-state index is 0.107. The van der Waals surface area contributed by atoms with E-state index in [1.54, 1.807) is 0 Å².